The Morgan fingerprint density at radius 3 is 1.25 bits per heavy atom. The minimum atomic E-state index is 0. The Morgan fingerprint density at radius 1 is 1.25 bits per heavy atom. The average Bonchev–Trinajstić information content (AvgIpc) is 0.918. The maximum atomic E-state index is 2.15. The third kappa shape index (κ3) is 11.8. The van der Waals surface area contributed by atoms with Crippen LogP contribution in [0, 0.1) is 0 Å². The zero-order valence-corrected chi connectivity index (χ0v) is 4.50. The van der Waals surface area contributed by atoms with Crippen molar-refractivity contribution >= 4 is 27.4 Å². The van der Waals surface area contributed by atoms with E-state index in [1.807, 2.05) is 0 Å². The van der Waals surface area contributed by atoms with Crippen molar-refractivity contribution in [2.45, 2.75) is 0 Å². The summed E-state index contributed by atoms with van der Waals surface area (Å²) < 4.78 is 0. The van der Waals surface area contributed by atoms with E-state index < -0.39 is 0 Å². The number of rotatable bonds is 0. The summed E-state index contributed by atoms with van der Waals surface area (Å²) in [4.78, 5) is 0. The minimum Gasteiger partial charge on any atom is -0.129 e. The van der Waals surface area contributed by atoms with Crippen LogP contribution >= 0.6 is 8.58 Å². The first-order valence-corrected chi connectivity index (χ1v) is 3.00. The smallest absolute Gasteiger partial charge is 0 e. The molecule has 0 aliphatic rings. The summed E-state index contributed by atoms with van der Waals surface area (Å²) in [5.41, 5.74) is 0. The minimum absolute atomic E-state index is 0. The molecule has 0 bridgehead atoms. The molecule has 0 aromatic heterocycles. The van der Waals surface area contributed by atoms with E-state index >= 15 is 0 Å². The Morgan fingerprint density at radius 2 is 1.25 bits per heavy atom. The molecule has 0 fully saturated rings. The predicted octanol–water partition coefficient (Wildman–Crippen LogP) is 0.544. The Bertz CT molecular complexity index is 6.00. The number of hydrogen-bond donors (Lipinski definition) is 0. The van der Waals surface area contributed by atoms with E-state index in [4.69, 9.17) is 0 Å². The fourth-order valence-corrected chi connectivity index (χ4v) is 0. The molecule has 2 heteroatoms. The van der Waals surface area contributed by atoms with Crippen molar-refractivity contribution in [3.63, 3.8) is 0 Å². The molecule has 0 aliphatic carbocycles. The fraction of sp³-hybridized carbons (Fsp3) is 1.00. The molecular weight excluding hydrogens is 61.9 g/mol. The second-order valence-corrected chi connectivity index (χ2v) is 1.50. The van der Waals surface area contributed by atoms with E-state index in [0.29, 0.717) is 0 Å². The van der Waals surface area contributed by atoms with Gasteiger partial charge in [-0.1, -0.05) is 0 Å². The van der Waals surface area contributed by atoms with Crippen molar-refractivity contribution < 1.29 is 0 Å². The molecule has 1 radical (unpaired) electrons. The van der Waals surface area contributed by atoms with Gasteiger partial charge in [-0.2, -0.15) is 0 Å². The third-order valence-corrected chi connectivity index (χ3v) is 0. The van der Waals surface area contributed by atoms with Gasteiger partial charge in [0.1, 0.15) is 0 Å². The van der Waals surface area contributed by atoms with Crippen LogP contribution in [0.5, 0.6) is 0 Å². The molecule has 0 atom stereocenters. The van der Waals surface area contributed by atoms with Gasteiger partial charge in [0.25, 0.3) is 0 Å². The quantitative estimate of drug-likeness (QED) is 0.287. The summed E-state index contributed by atoms with van der Waals surface area (Å²) in [5, 5.41) is 0. The van der Waals surface area contributed by atoms with E-state index in [1.165, 1.54) is 0 Å². The van der Waals surface area contributed by atoms with E-state index in [-0.39, 0.29) is 18.9 Å². The summed E-state index contributed by atoms with van der Waals surface area (Å²) in [7, 11) is 1.08. The summed E-state index contributed by atoms with van der Waals surface area (Å²) in [6.07, 6.45) is 0. The third-order valence-electron chi connectivity index (χ3n) is 0. The van der Waals surface area contributed by atoms with Crippen LogP contribution in [0.4, 0.5) is 0 Å². The molecule has 0 spiro atoms. The Hall–Kier alpha value is 1.03. The summed E-state index contributed by atoms with van der Waals surface area (Å²) in [6, 6.07) is 0. The van der Waals surface area contributed by atoms with E-state index in [0.717, 1.165) is 8.58 Å². The van der Waals surface area contributed by atoms with Gasteiger partial charge >= 0.3 is 0 Å². The van der Waals surface area contributed by atoms with Gasteiger partial charge in [0, 0.05) is 18.9 Å². The number of hydrogen-bond acceptors (Lipinski definition) is 0. The molecule has 4 heavy (non-hydrogen) atoms. The normalized spacial score (nSPS) is 4.50. The van der Waals surface area contributed by atoms with Crippen molar-refractivity contribution in [2.24, 2.45) is 0 Å². The van der Waals surface area contributed by atoms with Crippen molar-refractivity contribution in [1.82, 2.24) is 0 Å². The molecule has 0 nitrogen and oxygen atoms in total. The monoisotopic (exact) mass is 69.0 g/mol. The van der Waals surface area contributed by atoms with Crippen LogP contribution in [0.25, 0.3) is 0 Å². The molecule has 0 saturated heterocycles. The van der Waals surface area contributed by atoms with Crippen LogP contribution in [-0.4, -0.2) is 32.2 Å². The topological polar surface area (TPSA) is 0 Å². The summed E-state index contributed by atoms with van der Waals surface area (Å²) in [6.45, 7) is 4.31. The SMILES string of the molecule is CPC.[Li]. The maximum Gasteiger partial charge on any atom is 0 e. The molecule has 0 heterocycles. The zero-order valence-electron chi connectivity index (χ0n) is 3.50. The van der Waals surface area contributed by atoms with Crippen molar-refractivity contribution in [3.8, 4) is 0 Å². The Kier molecular flexibility index (Phi) is 20.0. The molecule has 21 valence electrons. The molecule has 0 unspecified atom stereocenters. The Labute approximate surface area is 41.3 Å². The standard InChI is InChI=1S/C2H7P.Li/c1-3-2;/h3H,1-2H3;. The average molecular weight is 69.0 g/mol. The van der Waals surface area contributed by atoms with E-state index in [9.17, 15) is 0 Å². The van der Waals surface area contributed by atoms with Gasteiger partial charge in [0.15, 0.2) is 0 Å². The molecule has 0 aromatic rings. The van der Waals surface area contributed by atoms with Crippen molar-refractivity contribution in [1.29, 1.82) is 0 Å². The van der Waals surface area contributed by atoms with Crippen LogP contribution in [0.2, 0.25) is 0 Å². The van der Waals surface area contributed by atoms with E-state index in [2.05, 4.69) is 13.3 Å². The molecule has 0 rings (SSSR count). The second-order valence-electron chi connectivity index (χ2n) is 0.500. The van der Waals surface area contributed by atoms with Gasteiger partial charge in [-0.15, -0.1) is 8.58 Å². The zero-order chi connectivity index (χ0) is 2.71. The van der Waals surface area contributed by atoms with Crippen LogP contribution < -0.4 is 0 Å². The van der Waals surface area contributed by atoms with Gasteiger partial charge in [0.05, 0.1) is 0 Å². The van der Waals surface area contributed by atoms with Crippen LogP contribution in [0.15, 0.2) is 0 Å². The molecule has 0 saturated carbocycles. The second kappa shape index (κ2) is 8.98. The Balaban J connectivity index is 0. The van der Waals surface area contributed by atoms with Gasteiger partial charge < -0.3 is 0 Å². The molecule has 0 N–H and O–H groups in total. The first kappa shape index (κ1) is 8.90. The molecular formula is C2H7LiP. The summed E-state index contributed by atoms with van der Waals surface area (Å²) >= 11 is 0. The predicted molar refractivity (Wildman–Crippen MR) is 25.9 cm³/mol. The first-order valence-electron chi connectivity index (χ1n) is 1.00. The van der Waals surface area contributed by atoms with Gasteiger partial charge in [-0.3, -0.25) is 0 Å². The van der Waals surface area contributed by atoms with Crippen LogP contribution in [0.3, 0.4) is 0 Å². The maximum absolute atomic E-state index is 2.15. The molecule has 0 amide bonds. The largest absolute Gasteiger partial charge is 0.129 e. The fourth-order valence-electron chi connectivity index (χ4n) is 0. The first-order chi connectivity index (χ1) is 1.41. The van der Waals surface area contributed by atoms with Crippen LogP contribution in [0.1, 0.15) is 0 Å². The van der Waals surface area contributed by atoms with Gasteiger partial charge in [0.2, 0.25) is 0 Å². The van der Waals surface area contributed by atoms with E-state index in [1.54, 1.807) is 0 Å². The molecule has 0 aromatic carbocycles. The van der Waals surface area contributed by atoms with Crippen molar-refractivity contribution in [2.75, 3.05) is 13.3 Å². The van der Waals surface area contributed by atoms with Gasteiger partial charge in [-0.05, 0) is 13.3 Å². The molecule has 0 aliphatic heterocycles. The van der Waals surface area contributed by atoms with Crippen LogP contribution in [-0.2, 0) is 0 Å². The van der Waals surface area contributed by atoms with Crippen molar-refractivity contribution in [3.05, 3.63) is 0 Å². The summed E-state index contributed by atoms with van der Waals surface area (Å²) in [5.74, 6) is 0. The van der Waals surface area contributed by atoms with Gasteiger partial charge in [-0.25, -0.2) is 0 Å².